The van der Waals surface area contributed by atoms with E-state index >= 15 is 0 Å². The maximum atomic E-state index is 12.8. The molecular weight excluding hydrogens is 201 g/mol. The normalized spacial score (nSPS) is 18.6. The van der Waals surface area contributed by atoms with Gasteiger partial charge in [-0.2, -0.15) is 0 Å². The Kier molecular flexibility index (Phi) is 2.54. The Labute approximate surface area is 85.5 Å². The Balaban J connectivity index is 2.21. The molecule has 0 saturated carbocycles. The summed E-state index contributed by atoms with van der Waals surface area (Å²) in [5, 5.41) is 0.528. The minimum Gasteiger partial charge on any atom is -0.467 e. The summed E-state index contributed by atoms with van der Waals surface area (Å²) in [6, 6.07) is 6.08. The molecule has 14 heavy (non-hydrogen) atoms. The molecule has 0 unspecified atom stereocenters. The van der Waals surface area contributed by atoms with Crippen LogP contribution in [0.5, 0.6) is 0 Å². The zero-order valence-electron chi connectivity index (χ0n) is 7.37. The summed E-state index contributed by atoms with van der Waals surface area (Å²) in [5.41, 5.74) is 0.558. The van der Waals surface area contributed by atoms with Gasteiger partial charge in [0.25, 0.3) is 5.23 Å². The maximum Gasteiger partial charge on any atom is 0.256 e. The van der Waals surface area contributed by atoms with Crippen LogP contribution in [-0.2, 0) is 4.74 Å². The van der Waals surface area contributed by atoms with Crippen molar-refractivity contribution in [3.63, 3.8) is 0 Å². The number of hydrogen-bond donors (Lipinski definition) is 0. The van der Waals surface area contributed by atoms with Crippen LogP contribution in [0.4, 0.5) is 10.1 Å². The third-order valence-electron chi connectivity index (χ3n) is 1.62. The van der Waals surface area contributed by atoms with Crippen LogP contribution in [0.2, 0.25) is 0 Å². The van der Waals surface area contributed by atoms with Gasteiger partial charge in [0, 0.05) is 4.91 Å². The van der Waals surface area contributed by atoms with Crippen molar-refractivity contribution >= 4 is 22.7 Å². The van der Waals surface area contributed by atoms with E-state index in [9.17, 15) is 4.39 Å². The number of rotatable bonds is 1. The molecule has 0 aromatic heterocycles. The first-order chi connectivity index (χ1) is 6.74. The van der Waals surface area contributed by atoms with Crippen LogP contribution in [0.3, 0.4) is 0 Å². The van der Waals surface area contributed by atoms with Gasteiger partial charge in [0.05, 0.1) is 5.69 Å². The van der Waals surface area contributed by atoms with Gasteiger partial charge in [-0.3, -0.25) is 0 Å². The summed E-state index contributed by atoms with van der Waals surface area (Å²) >= 11 is 1.38. The summed E-state index contributed by atoms with van der Waals surface area (Å²) in [6.07, 6.45) is 0. The Hall–Kier alpha value is -1.29. The highest BCUT2D eigenvalue weighted by Crippen LogP contribution is 2.27. The van der Waals surface area contributed by atoms with E-state index in [4.69, 9.17) is 4.74 Å². The monoisotopic (exact) mass is 209 g/mol. The second-order valence-electron chi connectivity index (χ2n) is 2.79. The molecule has 0 bridgehead atoms. The number of ether oxygens (including phenoxy) is 1. The summed E-state index contributed by atoms with van der Waals surface area (Å²) < 4.78 is 18.0. The van der Waals surface area contributed by atoms with Gasteiger partial charge in [0.2, 0.25) is 0 Å². The minimum absolute atomic E-state index is 0.298. The molecule has 1 fully saturated rings. The topological polar surface area (TPSA) is 21.6 Å². The molecule has 1 heterocycles. The van der Waals surface area contributed by atoms with Crippen molar-refractivity contribution in [1.82, 2.24) is 0 Å². The van der Waals surface area contributed by atoms with E-state index in [1.54, 1.807) is 12.1 Å². The summed E-state index contributed by atoms with van der Waals surface area (Å²) in [5.74, 6) is -0.298. The second-order valence-corrected chi connectivity index (χ2v) is 3.92. The number of aliphatic imine (C=N–C) groups is 1. The average molecular weight is 209 g/mol. The lowest BCUT2D eigenvalue weighted by molar-refractivity contribution is 0.368. The quantitative estimate of drug-likeness (QED) is 0.708. The fourth-order valence-electron chi connectivity index (χ4n) is 1.03. The van der Waals surface area contributed by atoms with E-state index in [-0.39, 0.29) is 5.82 Å². The molecule has 0 atom stereocenters. The third kappa shape index (κ3) is 2.14. The molecule has 1 aliphatic rings. The molecule has 2 rings (SSSR count). The molecule has 1 aromatic carbocycles. The predicted molar refractivity (Wildman–Crippen MR) is 56.2 cm³/mol. The molecule has 1 saturated heterocycles. The Morgan fingerprint density at radius 2 is 2.36 bits per heavy atom. The van der Waals surface area contributed by atoms with Crippen molar-refractivity contribution < 1.29 is 9.13 Å². The molecule has 0 amide bonds. The average Bonchev–Trinajstić information content (AvgIpc) is 2.51. The highest BCUT2D eigenvalue weighted by atomic mass is 32.2. The predicted octanol–water partition coefficient (Wildman–Crippen LogP) is 3.09. The molecule has 2 nitrogen and oxygen atoms in total. The van der Waals surface area contributed by atoms with Crippen LogP contribution in [0.1, 0.15) is 0 Å². The lowest BCUT2D eigenvalue weighted by Crippen LogP contribution is -1.88. The molecule has 4 heteroatoms. The van der Waals surface area contributed by atoms with Crippen molar-refractivity contribution in [3.05, 3.63) is 41.6 Å². The fourth-order valence-corrected chi connectivity index (χ4v) is 1.66. The van der Waals surface area contributed by atoms with Crippen LogP contribution in [0.15, 0.2) is 40.7 Å². The van der Waals surface area contributed by atoms with Crippen LogP contribution in [-0.4, -0.2) is 11.8 Å². The third-order valence-corrected chi connectivity index (χ3v) is 2.41. The molecule has 0 aliphatic carbocycles. The molecule has 72 valence electrons. The minimum atomic E-state index is -0.298. The Morgan fingerprint density at radius 3 is 3.00 bits per heavy atom. The first kappa shape index (κ1) is 9.27. The van der Waals surface area contributed by atoms with Gasteiger partial charge in [-0.25, -0.2) is 9.38 Å². The molecule has 0 spiro atoms. The molecule has 0 N–H and O–H groups in total. The van der Waals surface area contributed by atoms with Crippen molar-refractivity contribution in [2.24, 2.45) is 4.99 Å². The van der Waals surface area contributed by atoms with E-state index in [2.05, 4.69) is 11.6 Å². The SMILES string of the molecule is C=C1COC(=Nc2cccc(F)c2)S1. The molecule has 1 aliphatic heterocycles. The van der Waals surface area contributed by atoms with Gasteiger partial charge in [-0.15, -0.1) is 0 Å². The first-order valence-electron chi connectivity index (χ1n) is 4.07. The number of halogens is 1. The van der Waals surface area contributed by atoms with Crippen molar-refractivity contribution in [3.8, 4) is 0 Å². The number of nitrogens with zero attached hydrogens (tertiary/aromatic N) is 1. The lowest BCUT2D eigenvalue weighted by atomic mass is 10.3. The Morgan fingerprint density at radius 1 is 1.50 bits per heavy atom. The first-order valence-corrected chi connectivity index (χ1v) is 4.88. The smallest absolute Gasteiger partial charge is 0.256 e. The van der Waals surface area contributed by atoms with Gasteiger partial charge < -0.3 is 4.74 Å². The largest absolute Gasteiger partial charge is 0.467 e. The van der Waals surface area contributed by atoms with Gasteiger partial charge in [0.15, 0.2) is 0 Å². The highest BCUT2D eigenvalue weighted by molar-refractivity contribution is 8.17. The maximum absolute atomic E-state index is 12.8. The van der Waals surface area contributed by atoms with Gasteiger partial charge in [-0.05, 0) is 30.0 Å². The van der Waals surface area contributed by atoms with Gasteiger partial charge >= 0.3 is 0 Å². The molecular formula is C10H8FNOS. The lowest BCUT2D eigenvalue weighted by Gasteiger charge is -1.95. The standard InChI is InChI=1S/C10H8FNOS/c1-7-6-13-10(14-7)12-9-4-2-3-8(11)5-9/h2-5H,1,6H2. The van der Waals surface area contributed by atoms with Crippen molar-refractivity contribution in [2.45, 2.75) is 0 Å². The summed E-state index contributed by atoms with van der Waals surface area (Å²) in [4.78, 5) is 5.04. The summed E-state index contributed by atoms with van der Waals surface area (Å²) in [7, 11) is 0. The van der Waals surface area contributed by atoms with Crippen molar-refractivity contribution in [1.29, 1.82) is 0 Å². The number of hydrogen-bond acceptors (Lipinski definition) is 3. The zero-order valence-corrected chi connectivity index (χ0v) is 8.18. The summed E-state index contributed by atoms with van der Waals surface area (Å²) in [6.45, 7) is 4.23. The highest BCUT2D eigenvalue weighted by Gasteiger charge is 2.14. The molecule has 1 aromatic rings. The molecule has 0 radical (unpaired) electrons. The van der Waals surface area contributed by atoms with E-state index in [0.717, 1.165) is 4.91 Å². The number of thioether (sulfide) groups is 1. The fraction of sp³-hybridized carbons (Fsp3) is 0.100. The zero-order chi connectivity index (χ0) is 9.97. The van der Waals surface area contributed by atoms with Crippen molar-refractivity contribution in [2.75, 3.05) is 6.61 Å². The van der Waals surface area contributed by atoms with Gasteiger partial charge in [-0.1, -0.05) is 12.6 Å². The van der Waals surface area contributed by atoms with E-state index in [0.29, 0.717) is 17.5 Å². The van der Waals surface area contributed by atoms with Gasteiger partial charge in [0.1, 0.15) is 12.4 Å². The van der Waals surface area contributed by atoms with E-state index in [1.807, 2.05) is 0 Å². The van der Waals surface area contributed by atoms with E-state index < -0.39 is 0 Å². The van der Waals surface area contributed by atoms with Crippen LogP contribution < -0.4 is 0 Å². The second kappa shape index (κ2) is 3.84. The van der Waals surface area contributed by atoms with Crippen LogP contribution in [0, 0.1) is 5.82 Å². The van der Waals surface area contributed by atoms with Crippen LogP contribution >= 0.6 is 11.8 Å². The van der Waals surface area contributed by atoms with E-state index in [1.165, 1.54) is 23.9 Å². The number of benzene rings is 1. The van der Waals surface area contributed by atoms with Crippen LogP contribution in [0.25, 0.3) is 0 Å². The Bertz CT molecular complexity index is 403.